The maximum Gasteiger partial charge on any atom is 0.416 e. The molecule has 0 aliphatic carbocycles. The summed E-state index contributed by atoms with van der Waals surface area (Å²) in [6, 6.07) is 4.67. The number of hydrogen-bond acceptors (Lipinski definition) is 2. The highest BCUT2D eigenvalue weighted by Crippen LogP contribution is 2.35. The van der Waals surface area contributed by atoms with Crippen LogP contribution in [0.15, 0.2) is 24.3 Å². The third-order valence-electron chi connectivity index (χ3n) is 2.04. The molecule has 6 heteroatoms. The van der Waals surface area contributed by atoms with E-state index in [1.54, 1.807) is 0 Å². The normalized spacial score (nSPS) is 13.5. The molecule has 0 aliphatic rings. The van der Waals surface area contributed by atoms with Gasteiger partial charge >= 0.3 is 6.18 Å². The van der Waals surface area contributed by atoms with Gasteiger partial charge in [-0.15, -0.1) is 0 Å². The fourth-order valence-corrected chi connectivity index (χ4v) is 1.38. The van der Waals surface area contributed by atoms with Crippen LogP contribution in [0.5, 0.6) is 0 Å². The summed E-state index contributed by atoms with van der Waals surface area (Å²) in [4.78, 5) is 10.9. The lowest BCUT2D eigenvalue weighted by atomic mass is 10.0. The Morgan fingerprint density at radius 1 is 1.38 bits per heavy atom. The van der Waals surface area contributed by atoms with E-state index >= 15 is 0 Å². The predicted octanol–water partition coefficient (Wildman–Crippen LogP) is 1.88. The second-order valence-electron chi connectivity index (χ2n) is 3.10. The highest BCUT2D eigenvalue weighted by molar-refractivity contribution is 5.80. The number of methoxy groups -OCH3 is 1. The molecule has 88 valence electrons. The van der Waals surface area contributed by atoms with Gasteiger partial charge in [0, 0.05) is 12.7 Å². The summed E-state index contributed by atoms with van der Waals surface area (Å²) < 4.78 is 42.5. The minimum absolute atomic E-state index is 0.273. The fourth-order valence-electron chi connectivity index (χ4n) is 1.38. The first-order chi connectivity index (χ1) is 7.38. The van der Waals surface area contributed by atoms with Crippen LogP contribution >= 0.6 is 0 Å². The second-order valence-corrected chi connectivity index (χ2v) is 3.10. The maximum absolute atomic E-state index is 12.6. The van der Waals surface area contributed by atoms with Crippen molar-refractivity contribution in [2.75, 3.05) is 7.11 Å². The zero-order valence-corrected chi connectivity index (χ0v) is 8.41. The number of rotatable bonds is 3. The fraction of sp³-hybridized carbons (Fsp3) is 0.300. The van der Waals surface area contributed by atoms with E-state index in [0.717, 1.165) is 13.2 Å². The van der Waals surface area contributed by atoms with Crippen molar-refractivity contribution in [1.29, 1.82) is 0 Å². The molecule has 0 unspecified atom stereocenters. The lowest BCUT2D eigenvalue weighted by molar-refractivity contribution is -0.140. The van der Waals surface area contributed by atoms with Gasteiger partial charge in [0.05, 0.1) is 5.56 Å². The average Bonchev–Trinajstić information content (AvgIpc) is 2.17. The van der Waals surface area contributed by atoms with Crippen LogP contribution in [-0.2, 0) is 15.7 Å². The SMILES string of the molecule is CO[C@H](C(N)=O)c1ccccc1C(F)(F)F. The Kier molecular flexibility index (Phi) is 3.54. The van der Waals surface area contributed by atoms with Crippen molar-refractivity contribution in [1.82, 2.24) is 0 Å². The van der Waals surface area contributed by atoms with Crippen LogP contribution in [0.1, 0.15) is 17.2 Å². The molecular weight excluding hydrogens is 223 g/mol. The smallest absolute Gasteiger partial charge is 0.367 e. The van der Waals surface area contributed by atoms with Gasteiger partial charge in [0.2, 0.25) is 0 Å². The van der Waals surface area contributed by atoms with Crippen molar-refractivity contribution >= 4 is 5.91 Å². The molecule has 2 N–H and O–H groups in total. The van der Waals surface area contributed by atoms with E-state index in [-0.39, 0.29) is 5.56 Å². The molecule has 0 spiro atoms. The van der Waals surface area contributed by atoms with Crippen LogP contribution in [0.25, 0.3) is 0 Å². The molecule has 0 heterocycles. The molecule has 1 aromatic rings. The Balaban J connectivity index is 3.27. The van der Waals surface area contributed by atoms with Gasteiger partial charge in [0.1, 0.15) is 0 Å². The van der Waals surface area contributed by atoms with Crippen molar-refractivity contribution in [3.05, 3.63) is 35.4 Å². The lowest BCUT2D eigenvalue weighted by Crippen LogP contribution is -2.25. The van der Waals surface area contributed by atoms with E-state index in [9.17, 15) is 18.0 Å². The van der Waals surface area contributed by atoms with Gasteiger partial charge in [-0.05, 0) is 6.07 Å². The number of benzene rings is 1. The first kappa shape index (κ1) is 12.5. The molecule has 1 rings (SSSR count). The van der Waals surface area contributed by atoms with Crippen LogP contribution in [-0.4, -0.2) is 13.0 Å². The Bertz CT molecular complexity index is 390. The minimum Gasteiger partial charge on any atom is -0.367 e. The maximum atomic E-state index is 12.6. The predicted molar refractivity (Wildman–Crippen MR) is 50.4 cm³/mol. The number of nitrogens with two attached hydrogens (primary N) is 1. The van der Waals surface area contributed by atoms with Crippen LogP contribution in [0, 0.1) is 0 Å². The van der Waals surface area contributed by atoms with Gasteiger partial charge in [-0.2, -0.15) is 13.2 Å². The highest BCUT2D eigenvalue weighted by Gasteiger charge is 2.36. The molecule has 3 nitrogen and oxygen atoms in total. The van der Waals surface area contributed by atoms with Crippen molar-refractivity contribution in [3.8, 4) is 0 Å². The van der Waals surface area contributed by atoms with Gasteiger partial charge in [-0.25, -0.2) is 0 Å². The number of carbonyl (C=O) groups is 1. The van der Waals surface area contributed by atoms with Crippen LogP contribution in [0.3, 0.4) is 0 Å². The largest absolute Gasteiger partial charge is 0.416 e. The minimum atomic E-state index is -4.54. The van der Waals surface area contributed by atoms with Gasteiger partial charge in [-0.3, -0.25) is 4.79 Å². The van der Waals surface area contributed by atoms with E-state index < -0.39 is 23.8 Å². The van der Waals surface area contributed by atoms with Crippen molar-refractivity contribution < 1.29 is 22.7 Å². The summed E-state index contributed by atoms with van der Waals surface area (Å²) in [6.45, 7) is 0. The van der Waals surface area contributed by atoms with Crippen molar-refractivity contribution in [2.45, 2.75) is 12.3 Å². The number of alkyl halides is 3. The van der Waals surface area contributed by atoms with E-state index in [1.807, 2.05) is 0 Å². The Morgan fingerprint density at radius 2 is 1.94 bits per heavy atom. The molecule has 0 aliphatic heterocycles. The van der Waals surface area contributed by atoms with Crippen molar-refractivity contribution in [2.24, 2.45) is 5.73 Å². The molecule has 0 bridgehead atoms. The molecule has 0 radical (unpaired) electrons. The number of ether oxygens (including phenoxy) is 1. The number of hydrogen-bond donors (Lipinski definition) is 1. The van der Waals surface area contributed by atoms with Gasteiger partial charge < -0.3 is 10.5 Å². The molecule has 0 fully saturated rings. The first-order valence-electron chi connectivity index (χ1n) is 4.36. The Labute approximate surface area is 90.0 Å². The lowest BCUT2D eigenvalue weighted by Gasteiger charge is -2.17. The quantitative estimate of drug-likeness (QED) is 0.866. The summed E-state index contributed by atoms with van der Waals surface area (Å²) in [5.74, 6) is -0.959. The van der Waals surface area contributed by atoms with Crippen LogP contribution in [0.2, 0.25) is 0 Å². The molecular formula is C10H10F3NO2. The molecule has 0 saturated carbocycles. The van der Waals surface area contributed by atoms with E-state index in [1.165, 1.54) is 18.2 Å². The third kappa shape index (κ3) is 2.52. The zero-order chi connectivity index (χ0) is 12.3. The second kappa shape index (κ2) is 4.52. The first-order valence-corrected chi connectivity index (χ1v) is 4.36. The molecule has 16 heavy (non-hydrogen) atoms. The standard InChI is InChI=1S/C10H10F3NO2/c1-16-8(9(14)15)6-4-2-3-5-7(6)10(11,12)13/h2-5,8H,1H3,(H2,14,15)/t8-/m0/s1. The van der Waals surface area contributed by atoms with Gasteiger partial charge in [0.15, 0.2) is 6.10 Å². The average molecular weight is 233 g/mol. The number of halogens is 3. The van der Waals surface area contributed by atoms with Gasteiger partial charge in [-0.1, -0.05) is 18.2 Å². The zero-order valence-electron chi connectivity index (χ0n) is 8.41. The topological polar surface area (TPSA) is 52.3 Å². The molecule has 0 saturated heterocycles. The Hall–Kier alpha value is -1.56. The third-order valence-corrected chi connectivity index (χ3v) is 2.04. The molecule has 1 amide bonds. The summed E-state index contributed by atoms with van der Waals surface area (Å²) >= 11 is 0. The molecule has 0 aromatic heterocycles. The highest BCUT2D eigenvalue weighted by atomic mass is 19.4. The summed E-state index contributed by atoms with van der Waals surface area (Å²) in [6.07, 6.45) is -5.93. The monoisotopic (exact) mass is 233 g/mol. The summed E-state index contributed by atoms with van der Waals surface area (Å²) in [7, 11) is 1.13. The van der Waals surface area contributed by atoms with Crippen LogP contribution < -0.4 is 5.73 Å². The van der Waals surface area contributed by atoms with E-state index in [4.69, 9.17) is 5.73 Å². The number of amides is 1. The van der Waals surface area contributed by atoms with E-state index in [2.05, 4.69) is 4.74 Å². The summed E-state index contributed by atoms with van der Waals surface area (Å²) in [5, 5.41) is 0. The van der Waals surface area contributed by atoms with Crippen molar-refractivity contribution in [3.63, 3.8) is 0 Å². The van der Waals surface area contributed by atoms with E-state index in [0.29, 0.717) is 0 Å². The van der Waals surface area contributed by atoms with Gasteiger partial charge in [0.25, 0.3) is 5.91 Å². The number of primary amides is 1. The molecule has 1 atom stereocenters. The number of carbonyl (C=O) groups excluding carboxylic acids is 1. The molecule has 1 aromatic carbocycles. The van der Waals surface area contributed by atoms with Crippen LogP contribution in [0.4, 0.5) is 13.2 Å². The Morgan fingerprint density at radius 3 is 2.38 bits per heavy atom. The summed E-state index contributed by atoms with van der Waals surface area (Å²) in [5.41, 5.74) is 3.77.